The number of aliphatic hydroxyl groups excluding tert-OH is 1. The van der Waals surface area contributed by atoms with E-state index in [-0.39, 0.29) is 17.4 Å². The monoisotopic (exact) mass is 598 g/mol. The highest BCUT2D eigenvalue weighted by atomic mass is 16.5. The van der Waals surface area contributed by atoms with Gasteiger partial charge in [-0.15, -0.1) is 0 Å². The smallest absolute Gasteiger partial charge is 0.295 e. The van der Waals surface area contributed by atoms with E-state index in [4.69, 9.17) is 18.9 Å². The van der Waals surface area contributed by atoms with E-state index in [9.17, 15) is 14.7 Å². The minimum absolute atomic E-state index is 0.0350. The van der Waals surface area contributed by atoms with Gasteiger partial charge in [0.05, 0.1) is 31.4 Å². The van der Waals surface area contributed by atoms with E-state index in [1.165, 1.54) is 0 Å². The van der Waals surface area contributed by atoms with Crippen LogP contribution in [-0.2, 0) is 27.4 Å². The van der Waals surface area contributed by atoms with E-state index >= 15 is 0 Å². The average molecular weight is 599 g/mol. The second kappa shape index (κ2) is 13.1. The molecular formula is C35H38N2O7. The fourth-order valence-corrected chi connectivity index (χ4v) is 6.07. The van der Waals surface area contributed by atoms with Crippen molar-refractivity contribution < 1.29 is 33.6 Å². The number of fused-ring (bicyclic) bond motifs is 1. The van der Waals surface area contributed by atoms with Crippen LogP contribution in [-0.4, -0.2) is 78.7 Å². The Morgan fingerprint density at radius 1 is 0.955 bits per heavy atom. The summed E-state index contributed by atoms with van der Waals surface area (Å²) in [4.78, 5) is 31.0. The molecule has 3 aliphatic heterocycles. The van der Waals surface area contributed by atoms with E-state index in [0.717, 1.165) is 30.0 Å². The summed E-state index contributed by atoms with van der Waals surface area (Å²) in [6.07, 6.45) is 0.739. The highest BCUT2D eigenvalue weighted by Crippen LogP contribution is 2.43. The lowest BCUT2D eigenvalue weighted by Gasteiger charge is -2.31. The molecule has 0 bridgehead atoms. The van der Waals surface area contributed by atoms with Crippen LogP contribution in [0.3, 0.4) is 0 Å². The quantitative estimate of drug-likeness (QED) is 0.203. The number of morpholine rings is 1. The maximum atomic E-state index is 13.7. The number of likely N-dealkylation sites (tertiary alicyclic amines) is 1. The first kappa shape index (κ1) is 29.7. The third-order valence-electron chi connectivity index (χ3n) is 8.29. The zero-order valence-electron chi connectivity index (χ0n) is 25.2. The summed E-state index contributed by atoms with van der Waals surface area (Å²) in [6, 6.07) is 19.9. The van der Waals surface area contributed by atoms with Gasteiger partial charge in [-0.2, -0.15) is 0 Å². The Balaban J connectivity index is 1.37. The average Bonchev–Trinajstić information content (AvgIpc) is 3.54. The first-order valence-corrected chi connectivity index (χ1v) is 15.2. The lowest BCUT2D eigenvalue weighted by Crippen LogP contribution is -2.42. The van der Waals surface area contributed by atoms with Gasteiger partial charge in [-0.1, -0.05) is 36.4 Å². The number of ketones is 1. The molecule has 0 unspecified atom stereocenters. The first-order valence-electron chi connectivity index (χ1n) is 15.2. The molecule has 6 rings (SSSR count). The second-order valence-electron chi connectivity index (χ2n) is 11.3. The van der Waals surface area contributed by atoms with E-state index in [1.54, 1.807) is 17.0 Å². The molecule has 0 aromatic heterocycles. The van der Waals surface area contributed by atoms with Crippen molar-refractivity contribution in [3.63, 3.8) is 0 Å². The molecule has 3 aromatic carbocycles. The number of rotatable bonds is 10. The molecule has 9 heteroatoms. The Morgan fingerprint density at radius 3 is 2.52 bits per heavy atom. The van der Waals surface area contributed by atoms with Crippen LogP contribution < -0.4 is 14.2 Å². The molecular weight excluding hydrogens is 560 g/mol. The molecule has 1 amide bonds. The summed E-state index contributed by atoms with van der Waals surface area (Å²) in [5, 5.41) is 11.7. The molecule has 2 atom stereocenters. The summed E-state index contributed by atoms with van der Waals surface area (Å²) >= 11 is 0. The molecule has 3 aliphatic rings. The molecule has 0 aliphatic carbocycles. The number of hydrogen-bond acceptors (Lipinski definition) is 8. The van der Waals surface area contributed by atoms with Gasteiger partial charge in [0.25, 0.3) is 11.7 Å². The van der Waals surface area contributed by atoms with Gasteiger partial charge in [0.1, 0.15) is 24.2 Å². The number of nitrogens with zero attached hydrogens (tertiary/aromatic N) is 2. The van der Waals surface area contributed by atoms with E-state index in [0.29, 0.717) is 68.6 Å². The first-order chi connectivity index (χ1) is 21.4. The minimum Gasteiger partial charge on any atom is -0.507 e. The van der Waals surface area contributed by atoms with Crippen LogP contribution >= 0.6 is 0 Å². The van der Waals surface area contributed by atoms with Crippen molar-refractivity contribution >= 4 is 17.4 Å². The Morgan fingerprint density at radius 2 is 1.75 bits per heavy atom. The van der Waals surface area contributed by atoms with Crippen LogP contribution in [0.1, 0.15) is 42.1 Å². The maximum absolute atomic E-state index is 13.7. The molecule has 230 valence electrons. The van der Waals surface area contributed by atoms with Crippen molar-refractivity contribution in [2.24, 2.45) is 0 Å². The van der Waals surface area contributed by atoms with Crippen LogP contribution in [0, 0.1) is 0 Å². The molecule has 44 heavy (non-hydrogen) atoms. The number of Topliss-reactive ketones (excluding diaryl/α,β-unsaturated/α-hetero) is 1. The van der Waals surface area contributed by atoms with Gasteiger partial charge in [-0.3, -0.25) is 14.5 Å². The molecule has 0 radical (unpaired) electrons. The van der Waals surface area contributed by atoms with Crippen LogP contribution in [0.25, 0.3) is 5.76 Å². The molecule has 0 saturated carbocycles. The van der Waals surface area contributed by atoms with Crippen molar-refractivity contribution in [2.75, 3.05) is 46.0 Å². The summed E-state index contributed by atoms with van der Waals surface area (Å²) in [5.41, 5.74) is 3.17. The van der Waals surface area contributed by atoms with Crippen LogP contribution in [0.2, 0.25) is 0 Å². The minimum atomic E-state index is -0.804. The molecule has 0 spiro atoms. The molecule has 2 saturated heterocycles. The number of carbonyl (C=O) groups is 2. The highest BCUT2D eigenvalue weighted by molar-refractivity contribution is 6.46. The van der Waals surface area contributed by atoms with Crippen molar-refractivity contribution in [3.05, 3.63) is 94.6 Å². The van der Waals surface area contributed by atoms with Gasteiger partial charge >= 0.3 is 0 Å². The number of amides is 1. The fourth-order valence-electron chi connectivity index (χ4n) is 6.07. The standard InChI is InChI=1S/C35H38N2O7/c1-3-42-30-21-25(9-12-29(30)43-22-24-7-5-4-6-8-24)32-31(33(38)26-10-11-28-27(20-26)19-23(2)44-28)34(39)35(40)37(32)14-13-36-15-17-41-18-16-36/h4-12,20-21,23,32,38H,3,13-19,22H2,1-2H3/b33-31+/t23-,32-/m1/s1. The summed E-state index contributed by atoms with van der Waals surface area (Å²) in [6.45, 7) is 8.31. The van der Waals surface area contributed by atoms with Gasteiger partial charge in [0, 0.05) is 38.2 Å². The number of benzene rings is 3. The van der Waals surface area contributed by atoms with E-state index in [1.807, 2.05) is 68.4 Å². The zero-order valence-corrected chi connectivity index (χ0v) is 25.2. The van der Waals surface area contributed by atoms with E-state index < -0.39 is 17.7 Å². The van der Waals surface area contributed by atoms with Gasteiger partial charge in [0.2, 0.25) is 0 Å². The van der Waals surface area contributed by atoms with Crippen LogP contribution in [0.4, 0.5) is 0 Å². The SMILES string of the molecule is CCOc1cc([C@@H]2/C(=C(\O)c3ccc4c(c3)C[C@@H](C)O4)C(=O)C(=O)N2CCN2CCOCC2)ccc1OCc1ccccc1. The van der Waals surface area contributed by atoms with Crippen molar-refractivity contribution in [2.45, 2.75) is 39.0 Å². The molecule has 9 nitrogen and oxygen atoms in total. The van der Waals surface area contributed by atoms with Gasteiger partial charge in [0.15, 0.2) is 11.5 Å². The van der Waals surface area contributed by atoms with Crippen LogP contribution in [0.15, 0.2) is 72.3 Å². The Kier molecular flexibility index (Phi) is 8.86. The number of carbonyl (C=O) groups excluding carboxylic acids is 2. The largest absolute Gasteiger partial charge is 0.507 e. The van der Waals surface area contributed by atoms with Crippen LogP contribution in [0.5, 0.6) is 17.2 Å². The number of aliphatic hydroxyl groups is 1. The lowest BCUT2D eigenvalue weighted by atomic mass is 9.94. The Hall–Kier alpha value is -4.34. The summed E-state index contributed by atoms with van der Waals surface area (Å²) in [7, 11) is 0. The third kappa shape index (κ3) is 6.16. The normalized spacial score (nSPS) is 21.3. The molecule has 3 heterocycles. The lowest BCUT2D eigenvalue weighted by molar-refractivity contribution is -0.140. The highest BCUT2D eigenvalue weighted by Gasteiger charge is 2.46. The predicted octanol–water partition coefficient (Wildman–Crippen LogP) is 4.74. The fraction of sp³-hybridized carbons (Fsp3) is 0.371. The van der Waals surface area contributed by atoms with Crippen molar-refractivity contribution in [1.82, 2.24) is 9.80 Å². The Bertz CT molecular complexity index is 1550. The number of hydrogen-bond donors (Lipinski definition) is 1. The zero-order chi connectivity index (χ0) is 30.6. The molecule has 3 aromatic rings. The maximum Gasteiger partial charge on any atom is 0.295 e. The topological polar surface area (TPSA) is 97.8 Å². The van der Waals surface area contributed by atoms with E-state index in [2.05, 4.69) is 4.90 Å². The third-order valence-corrected chi connectivity index (χ3v) is 8.29. The second-order valence-corrected chi connectivity index (χ2v) is 11.3. The van der Waals surface area contributed by atoms with Gasteiger partial charge in [-0.25, -0.2) is 0 Å². The summed E-state index contributed by atoms with van der Waals surface area (Å²) < 4.78 is 23.4. The van der Waals surface area contributed by atoms with Gasteiger partial charge < -0.3 is 29.0 Å². The summed E-state index contributed by atoms with van der Waals surface area (Å²) in [5.74, 6) is 0.282. The van der Waals surface area contributed by atoms with Gasteiger partial charge in [-0.05, 0) is 60.9 Å². The Labute approximate surface area is 257 Å². The number of ether oxygens (including phenoxy) is 4. The molecule has 1 N–H and O–H groups in total. The predicted molar refractivity (Wildman–Crippen MR) is 165 cm³/mol. The van der Waals surface area contributed by atoms with Crippen molar-refractivity contribution in [3.8, 4) is 17.2 Å². The molecule has 2 fully saturated rings. The van der Waals surface area contributed by atoms with Crippen molar-refractivity contribution in [1.29, 1.82) is 0 Å².